The first kappa shape index (κ1) is 10.0. The number of rotatable bonds is 3. The third-order valence-electron chi connectivity index (χ3n) is 2.20. The first-order valence-electron chi connectivity index (χ1n) is 4.10. The SMILES string of the molecule is C#CC(=O)NCC1(OC)CCOC1. The third kappa shape index (κ3) is 2.44. The highest BCUT2D eigenvalue weighted by molar-refractivity contribution is 5.92. The maximum Gasteiger partial charge on any atom is 0.295 e. The van der Waals surface area contributed by atoms with Gasteiger partial charge in [0.05, 0.1) is 6.61 Å². The van der Waals surface area contributed by atoms with Crippen LogP contribution in [0.2, 0.25) is 0 Å². The van der Waals surface area contributed by atoms with Crippen LogP contribution in [-0.4, -0.2) is 38.4 Å². The van der Waals surface area contributed by atoms with Crippen molar-refractivity contribution in [1.82, 2.24) is 5.32 Å². The van der Waals surface area contributed by atoms with Gasteiger partial charge >= 0.3 is 0 Å². The Kier molecular flexibility index (Phi) is 3.29. The van der Waals surface area contributed by atoms with E-state index >= 15 is 0 Å². The fourth-order valence-electron chi connectivity index (χ4n) is 1.25. The fourth-order valence-corrected chi connectivity index (χ4v) is 1.25. The Hall–Kier alpha value is -1.05. The van der Waals surface area contributed by atoms with Crippen molar-refractivity contribution in [3.63, 3.8) is 0 Å². The molecule has 72 valence electrons. The lowest BCUT2D eigenvalue weighted by molar-refractivity contribution is -0.117. The molecule has 1 amide bonds. The van der Waals surface area contributed by atoms with Crippen LogP contribution in [0.25, 0.3) is 0 Å². The number of ether oxygens (including phenoxy) is 2. The van der Waals surface area contributed by atoms with E-state index in [1.54, 1.807) is 7.11 Å². The molecule has 4 nitrogen and oxygen atoms in total. The summed E-state index contributed by atoms with van der Waals surface area (Å²) < 4.78 is 10.5. The van der Waals surface area contributed by atoms with Gasteiger partial charge in [-0.15, -0.1) is 6.42 Å². The summed E-state index contributed by atoms with van der Waals surface area (Å²) in [6.45, 7) is 1.58. The van der Waals surface area contributed by atoms with E-state index in [0.717, 1.165) is 6.42 Å². The Bertz CT molecular complexity index is 226. The monoisotopic (exact) mass is 183 g/mol. The summed E-state index contributed by atoms with van der Waals surface area (Å²) in [5, 5.41) is 2.59. The van der Waals surface area contributed by atoms with E-state index in [2.05, 4.69) is 5.32 Å². The Morgan fingerprint density at radius 1 is 1.85 bits per heavy atom. The maximum absolute atomic E-state index is 10.8. The zero-order valence-electron chi connectivity index (χ0n) is 7.63. The van der Waals surface area contributed by atoms with Crippen LogP contribution in [0.5, 0.6) is 0 Å². The van der Waals surface area contributed by atoms with Crippen molar-refractivity contribution < 1.29 is 14.3 Å². The summed E-state index contributed by atoms with van der Waals surface area (Å²) in [6, 6.07) is 0. The number of hydrogen-bond donors (Lipinski definition) is 1. The second-order valence-electron chi connectivity index (χ2n) is 3.02. The molecule has 1 heterocycles. The van der Waals surface area contributed by atoms with Gasteiger partial charge in [0.2, 0.25) is 0 Å². The van der Waals surface area contributed by atoms with Crippen molar-refractivity contribution in [3.05, 3.63) is 0 Å². The molecular formula is C9H13NO3. The number of carbonyl (C=O) groups is 1. The summed E-state index contributed by atoms with van der Waals surface area (Å²) in [7, 11) is 1.61. The second kappa shape index (κ2) is 4.26. The molecule has 0 radical (unpaired) electrons. The van der Waals surface area contributed by atoms with E-state index in [-0.39, 0.29) is 5.60 Å². The lowest BCUT2D eigenvalue weighted by Crippen LogP contribution is -2.44. The van der Waals surface area contributed by atoms with E-state index in [9.17, 15) is 4.79 Å². The van der Waals surface area contributed by atoms with Gasteiger partial charge in [-0.2, -0.15) is 0 Å². The van der Waals surface area contributed by atoms with Crippen LogP contribution in [0.4, 0.5) is 0 Å². The van der Waals surface area contributed by atoms with Gasteiger partial charge in [0.1, 0.15) is 5.60 Å². The Morgan fingerprint density at radius 3 is 3.08 bits per heavy atom. The van der Waals surface area contributed by atoms with Gasteiger partial charge in [-0.3, -0.25) is 4.79 Å². The summed E-state index contributed by atoms with van der Waals surface area (Å²) >= 11 is 0. The van der Waals surface area contributed by atoms with Crippen LogP contribution in [0.1, 0.15) is 6.42 Å². The van der Waals surface area contributed by atoms with Crippen molar-refractivity contribution in [3.8, 4) is 12.3 Å². The van der Waals surface area contributed by atoms with Crippen LogP contribution >= 0.6 is 0 Å². The Morgan fingerprint density at radius 2 is 2.62 bits per heavy atom. The summed E-state index contributed by atoms with van der Waals surface area (Å²) in [5.74, 6) is 1.57. The zero-order chi connectivity index (χ0) is 9.73. The maximum atomic E-state index is 10.8. The van der Waals surface area contributed by atoms with Crippen LogP contribution in [0, 0.1) is 12.3 Å². The predicted molar refractivity (Wildman–Crippen MR) is 47.0 cm³/mol. The topological polar surface area (TPSA) is 47.6 Å². The molecule has 1 N–H and O–H groups in total. The molecule has 13 heavy (non-hydrogen) atoms. The Labute approximate surface area is 77.6 Å². The van der Waals surface area contributed by atoms with Gasteiger partial charge in [0, 0.05) is 26.7 Å². The van der Waals surface area contributed by atoms with Crippen molar-refractivity contribution >= 4 is 5.91 Å². The largest absolute Gasteiger partial charge is 0.378 e. The first-order valence-corrected chi connectivity index (χ1v) is 4.10. The van der Waals surface area contributed by atoms with Crippen molar-refractivity contribution in [2.75, 3.05) is 26.9 Å². The van der Waals surface area contributed by atoms with Gasteiger partial charge in [-0.05, 0) is 5.92 Å². The van der Waals surface area contributed by atoms with Gasteiger partial charge in [0.15, 0.2) is 0 Å². The van der Waals surface area contributed by atoms with Crippen LogP contribution in [0.3, 0.4) is 0 Å². The molecule has 0 saturated carbocycles. The molecular weight excluding hydrogens is 170 g/mol. The molecule has 1 saturated heterocycles. The highest BCUT2D eigenvalue weighted by atomic mass is 16.5. The lowest BCUT2D eigenvalue weighted by Gasteiger charge is -2.25. The average Bonchev–Trinajstić information content (AvgIpc) is 2.63. The smallest absolute Gasteiger partial charge is 0.295 e. The molecule has 0 aliphatic carbocycles. The number of carbonyl (C=O) groups excluding carboxylic acids is 1. The summed E-state index contributed by atoms with van der Waals surface area (Å²) in [5.41, 5.74) is -0.382. The lowest BCUT2D eigenvalue weighted by atomic mass is 10.0. The van der Waals surface area contributed by atoms with Crippen molar-refractivity contribution in [1.29, 1.82) is 0 Å². The minimum atomic E-state index is -0.414. The number of methoxy groups -OCH3 is 1. The minimum Gasteiger partial charge on any atom is -0.378 e. The average molecular weight is 183 g/mol. The molecule has 0 aromatic carbocycles. The zero-order valence-corrected chi connectivity index (χ0v) is 7.63. The van der Waals surface area contributed by atoms with Gasteiger partial charge in [0.25, 0.3) is 5.91 Å². The van der Waals surface area contributed by atoms with Crippen LogP contribution in [0.15, 0.2) is 0 Å². The molecule has 0 aromatic rings. The van der Waals surface area contributed by atoms with E-state index in [0.29, 0.717) is 19.8 Å². The van der Waals surface area contributed by atoms with E-state index in [1.165, 1.54) is 0 Å². The van der Waals surface area contributed by atoms with Crippen molar-refractivity contribution in [2.45, 2.75) is 12.0 Å². The quantitative estimate of drug-likeness (QED) is 0.602. The van der Waals surface area contributed by atoms with Crippen molar-refractivity contribution in [2.24, 2.45) is 0 Å². The first-order chi connectivity index (χ1) is 6.22. The van der Waals surface area contributed by atoms with E-state index < -0.39 is 5.91 Å². The predicted octanol–water partition coefficient (Wildman–Crippen LogP) is -0.459. The third-order valence-corrected chi connectivity index (χ3v) is 2.20. The Balaban J connectivity index is 2.41. The molecule has 1 unspecified atom stereocenters. The van der Waals surface area contributed by atoms with Gasteiger partial charge in [-0.1, -0.05) is 0 Å². The molecule has 1 aliphatic heterocycles. The number of hydrogen-bond acceptors (Lipinski definition) is 3. The van der Waals surface area contributed by atoms with Crippen LogP contribution in [-0.2, 0) is 14.3 Å². The minimum absolute atomic E-state index is 0.382. The second-order valence-corrected chi connectivity index (χ2v) is 3.02. The molecule has 1 rings (SSSR count). The molecule has 0 aromatic heterocycles. The standard InChI is InChI=1S/C9H13NO3/c1-3-8(11)10-6-9(12-2)4-5-13-7-9/h1H,4-7H2,2H3,(H,10,11). The van der Waals surface area contributed by atoms with Gasteiger partial charge < -0.3 is 14.8 Å². The highest BCUT2D eigenvalue weighted by Crippen LogP contribution is 2.21. The number of terminal acetylenes is 1. The highest BCUT2D eigenvalue weighted by Gasteiger charge is 2.34. The molecule has 1 fully saturated rings. The normalized spacial score (nSPS) is 26.8. The molecule has 4 heteroatoms. The van der Waals surface area contributed by atoms with E-state index in [1.807, 2.05) is 5.92 Å². The molecule has 0 bridgehead atoms. The number of nitrogens with one attached hydrogen (secondary N) is 1. The van der Waals surface area contributed by atoms with Gasteiger partial charge in [-0.25, -0.2) is 0 Å². The molecule has 0 spiro atoms. The van der Waals surface area contributed by atoms with Crippen LogP contribution < -0.4 is 5.32 Å². The molecule has 1 aliphatic rings. The van der Waals surface area contributed by atoms with E-state index in [4.69, 9.17) is 15.9 Å². The summed E-state index contributed by atoms with van der Waals surface area (Å²) in [6.07, 6.45) is 5.69. The number of amides is 1. The summed E-state index contributed by atoms with van der Waals surface area (Å²) in [4.78, 5) is 10.8. The fraction of sp³-hybridized carbons (Fsp3) is 0.667. The molecule has 1 atom stereocenters.